The number of anilines is 1. The van der Waals surface area contributed by atoms with E-state index in [0.29, 0.717) is 4.47 Å². The number of ketones is 1. The maximum atomic E-state index is 12.1. The van der Waals surface area contributed by atoms with E-state index < -0.39 is 0 Å². The molecular weight excluding hydrogens is 346 g/mol. The van der Waals surface area contributed by atoms with E-state index in [9.17, 15) is 15.0 Å². The lowest BCUT2D eigenvalue weighted by Gasteiger charge is -2.11. The van der Waals surface area contributed by atoms with Gasteiger partial charge in [-0.05, 0) is 45.8 Å². The Morgan fingerprint density at radius 1 is 1.09 bits per heavy atom. The predicted octanol–water partition coefficient (Wildman–Crippen LogP) is 3.82. The summed E-state index contributed by atoms with van der Waals surface area (Å²) < 4.78 is 0.359. The number of allylic oxidation sites excluding steroid dienone is 1. The molecule has 0 aliphatic rings. The first kappa shape index (κ1) is 16.1. The van der Waals surface area contributed by atoms with E-state index in [2.05, 4.69) is 15.9 Å². The highest BCUT2D eigenvalue weighted by molar-refractivity contribution is 9.10. The monoisotopic (exact) mass is 361 g/mol. The van der Waals surface area contributed by atoms with Crippen LogP contribution in [-0.2, 0) is 0 Å². The summed E-state index contributed by atoms with van der Waals surface area (Å²) in [5, 5.41) is 19.2. The molecule has 0 aromatic heterocycles. The third kappa shape index (κ3) is 3.68. The van der Waals surface area contributed by atoms with E-state index in [1.54, 1.807) is 6.08 Å². The third-order valence-electron chi connectivity index (χ3n) is 3.17. The molecule has 2 aromatic rings. The molecule has 0 fully saturated rings. The van der Waals surface area contributed by atoms with E-state index in [4.69, 9.17) is 0 Å². The average molecular weight is 362 g/mol. The number of carbonyl (C=O) groups excluding carboxylic acids is 1. The second-order valence-electron chi connectivity index (χ2n) is 5.00. The fourth-order valence-electron chi connectivity index (χ4n) is 1.89. The fraction of sp³-hybridized carbons (Fsp3) is 0.118. The number of phenolic OH excluding ortho intramolecular Hbond substituents is 2. The van der Waals surface area contributed by atoms with Crippen molar-refractivity contribution in [1.82, 2.24) is 0 Å². The number of phenols is 2. The number of hydrogen-bond donors (Lipinski definition) is 2. The SMILES string of the molecule is CN(C)c1ccc(/C=C/C(=O)c2cc(Br)c(O)cc2O)cc1. The molecule has 0 heterocycles. The molecule has 0 aliphatic carbocycles. The smallest absolute Gasteiger partial charge is 0.189 e. The summed E-state index contributed by atoms with van der Waals surface area (Å²) in [7, 11) is 3.92. The summed E-state index contributed by atoms with van der Waals surface area (Å²) in [6.45, 7) is 0. The standard InChI is InChI=1S/C17H16BrNO3/c1-19(2)12-6-3-11(4-7-12)5-8-15(20)13-9-14(18)17(22)10-16(13)21/h3-10,21-22H,1-2H3/b8-5+. The van der Waals surface area contributed by atoms with Gasteiger partial charge in [0.2, 0.25) is 0 Å². The Morgan fingerprint density at radius 3 is 2.32 bits per heavy atom. The fourth-order valence-corrected chi connectivity index (χ4v) is 2.24. The van der Waals surface area contributed by atoms with Gasteiger partial charge in [0, 0.05) is 25.8 Å². The molecule has 0 spiro atoms. The lowest BCUT2D eigenvalue weighted by atomic mass is 10.1. The molecule has 0 unspecified atom stereocenters. The molecule has 0 aliphatic heterocycles. The van der Waals surface area contributed by atoms with Crippen LogP contribution in [0.1, 0.15) is 15.9 Å². The number of rotatable bonds is 4. The van der Waals surface area contributed by atoms with Gasteiger partial charge in [0.15, 0.2) is 5.78 Å². The summed E-state index contributed by atoms with van der Waals surface area (Å²) in [4.78, 5) is 14.1. The van der Waals surface area contributed by atoms with E-state index in [1.165, 1.54) is 12.1 Å². The van der Waals surface area contributed by atoms with Gasteiger partial charge in [0.25, 0.3) is 0 Å². The minimum Gasteiger partial charge on any atom is -0.507 e. The summed E-state index contributed by atoms with van der Waals surface area (Å²) in [5.41, 5.74) is 2.09. The number of halogens is 1. The first-order valence-corrected chi connectivity index (χ1v) is 7.39. The molecule has 0 saturated carbocycles. The van der Waals surface area contributed by atoms with Gasteiger partial charge < -0.3 is 15.1 Å². The number of aromatic hydroxyl groups is 2. The molecule has 0 bridgehead atoms. The molecule has 0 atom stereocenters. The highest BCUT2D eigenvalue weighted by Gasteiger charge is 2.12. The zero-order valence-electron chi connectivity index (χ0n) is 12.2. The number of benzene rings is 2. The van der Waals surface area contributed by atoms with Gasteiger partial charge >= 0.3 is 0 Å². The third-order valence-corrected chi connectivity index (χ3v) is 3.80. The Labute approximate surface area is 137 Å². The van der Waals surface area contributed by atoms with Gasteiger partial charge in [-0.15, -0.1) is 0 Å². The van der Waals surface area contributed by atoms with Crippen LogP contribution >= 0.6 is 15.9 Å². The predicted molar refractivity (Wildman–Crippen MR) is 91.6 cm³/mol. The Hall–Kier alpha value is -2.27. The topological polar surface area (TPSA) is 60.8 Å². The lowest BCUT2D eigenvalue weighted by molar-refractivity contribution is 0.104. The van der Waals surface area contributed by atoms with E-state index in [1.807, 2.05) is 43.3 Å². The molecule has 22 heavy (non-hydrogen) atoms. The van der Waals surface area contributed by atoms with Crippen molar-refractivity contribution >= 4 is 33.5 Å². The molecule has 0 radical (unpaired) electrons. The van der Waals surface area contributed by atoms with Crippen molar-refractivity contribution in [1.29, 1.82) is 0 Å². The van der Waals surface area contributed by atoms with E-state index in [0.717, 1.165) is 17.3 Å². The van der Waals surface area contributed by atoms with Crippen LogP contribution in [0.4, 0.5) is 5.69 Å². The second-order valence-corrected chi connectivity index (χ2v) is 5.86. The summed E-state index contributed by atoms with van der Waals surface area (Å²) >= 11 is 3.12. The van der Waals surface area contributed by atoms with Gasteiger partial charge in [0.05, 0.1) is 10.0 Å². The maximum Gasteiger partial charge on any atom is 0.189 e. The minimum atomic E-state index is -0.338. The second kappa shape index (κ2) is 6.66. The zero-order valence-corrected chi connectivity index (χ0v) is 13.8. The van der Waals surface area contributed by atoms with Crippen LogP contribution in [0, 0.1) is 0 Å². The van der Waals surface area contributed by atoms with Crippen LogP contribution in [0.2, 0.25) is 0 Å². The van der Waals surface area contributed by atoms with Gasteiger partial charge in [-0.25, -0.2) is 0 Å². The highest BCUT2D eigenvalue weighted by atomic mass is 79.9. The normalized spacial score (nSPS) is 10.9. The van der Waals surface area contributed by atoms with Gasteiger partial charge in [-0.1, -0.05) is 18.2 Å². The van der Waals surface area contributed by atoms with Crippen molar-refractivity contribution in [3.63, 3.8) is 0 Å². The maximum absolute atomic E-state index is 12.1. The minimum absolute atomic E-state index is 0.114. The molecule has 114 valence electrons. The first-order chi connectivity index (χ1) is 10.4. The molecule has 2 aromatic carbocycles. The number of hydrogen-bond acceptors (Lipinski definition) is 4. The molecule has 5 heteroatoms. The Morgan fingerprint density at radius 2 is 1.73 bits per heavy atom. The highest BCUT2D eigenvalue weighted by Crippen LogP contribution is 2.31. The van der Waals surface area contributed by atoms with Crippen LogP contribution < -0.4 is 4.90 Å². The number of carbonyl (C=O) groups is 1. The zero-order chi connectivity index (χ0) is 16.3. The van der Waals surface area contributed by atoms with Crippen LogP contribution in [-0.4, -0.2) is 30.1 Å². The van der Waals surface area contributed by atoms with Crippen molar-refractivity contribution < 1.29 is 15.0 Å². The number of nitrogens with zero attached hydrogens (tertiary/aromatic N) is 1. The molecule has 2 N–H and O–H groups in total. The van der Waals surface area contributed by atoms with Gasteiger partial charge in [-0.2, -0.15) is 0 Å². The van der Waals surface area contributed by atoms with Crippen LogP contribution in [0.15, 0.2) is 46.9 Å². The van der Waals surface area contributed by atoms with Gasteiger partial charge in [-0.3, -0.25) is 4.79 Å². The van der Waals surface area contributed by atoms with Crippen molar-refractivity contribution in [2.24, 2.45) is 0 Å². The lowest BCUT2D eigenvalue weighted by Crippen LogP contribution is -2.07. The summed E-state index contributed by atoms with van der Waals surface area (Å²) in [6.07, 6.45) is 3.07. The van der Waals surface area contributed by atoms with Crippen LogP contribution in [0.25, 0.3) is 6.08 Å². The van der Waals surface area contributed by atoms with Crippen molar-refractivity contribution in [2.45, 2.75) is 0 Å². The molecular formula is C17H16BrNO3. The molecule has 2 rings (SSSR count). The van der Waals surface area contributed by atoms with Gasteiger partial charge in [0.1, 0.15) is 11.5 Å². The first-order valence-electron chi connectivity index (χ1n) is 6.60. The molecule has 0 amide bonds. The van der Waals surface area contributed by atoms with Crippen molar-refractivity contribution in [2.75, 3.05) is 19.0 Å². The molecule has 0 saturated heterocycles. The largest absolute Gasteiger partial charge is 0.507 e. The quantitative estimate of drug-likeness (QED) is 0.641. The van der Waals surface area contributed by atoms with E-state index >= 15 is 0 Å². The van der Waals surface area contributed by atoms with Crippen LogP contribution in [0.5, 0.6) is 11.5 Å². The summed E-state index contributed by atoms with van der Waals surface area (Å²) in [6, 6.07) is 10.3. The molecule has 4 nitrogen and oxygen atoms in total. The Balaban J connectivity index is 2.19. The van der Waals surface area contributed by atoms with E-state index in [-0.39, 0.29) is 22.8 Å². The Kier molecular flexibility index (Phi) is 4.88. The van der Waals surface area contributed by atoms with Crippen molar-refractivity contribution in [3.05, 3.63) is 58.1 Å². The average Bonchev–Trinajstić information content (AvgIpc) is 2.49. The summed E-state index contributed by atoms with van der Waals surface area (Å²) in [5.74, 6) is -0.703. The van der Waals surface area contributed by atoms with Crippen molar-refractivity contribution in [3.8, 4) is 11.5 Å². The Bertz CT molecular complexity index is 721. The van der Waals surface area contributed by atoms with Crippen LogP contribution in [0.3, 0.4) is 0 Å².